The van der Waals surface area contributed by atoms with Crippen LogP contribution in [-0.2, 0) is 6.42 Å². The van der Waals surface area contributed by atoms with Crippen molar-refractivity contribution in [3.05, 3.63) is 51.7 Å². The van der Waals surface area contributed by atoms with Crippen molar-refractivity contribution >= 4 is 11.3 Å². The van der Waals surface area contributed by atoms with Gasteiger partial charge < -0.3 is 10.5 Å². The SMILES string of the molecule is Cc1ccsc1C(CN)Oc1ccc(CC#N)cc1. The molecule has 19 heavy (non-hydrogen) atoms. The van der Waals surface area contributed by atoms with Crippen molar-refractivity contribution in [2.24, 2.45) is 5.73 Å². The average Bonchev–Trinajstić information content (AvgIpc) is 2.84. The summed E-state index contributed by atoms with van der Waals surface area (Å²) in [5, 5.41) is 10.7. The zero-order chi connectivity index (χ0) is 13.7. The second-order valence-corrected chi connectivity index (χ2v) is 5.24. The van der Waals surface area contributed by atoms with E-state index in [0.29, 0.717) is 13.0 Å². The van der Waals surface area contributed by atoms with Crippen LogP contribution in [0, 0.1) is 18.3 Å². The molecule has 2 rings (SSSR count). The second-order valence-electron chi connectivity index (χ2n) is 4.29. The van der Waals surface area contributed by atoms with Crippen LogP contribution in [0.15, 0.2) is 35.7 Å². The first-order valence-electron chi connectivity index (χ1n) is 6.11. The van der Waals surface area contributed by atoms with Gasteiger partial charge in [0.2, 0.25) is 0 Å². The molecule has 1 unspecified atom stereocenters. The van der Waals surface area contributed by atoms with Gasteiger partial charge in [0.05, 0.1) is 12.5 Å². The molecule has 0 aliphatic rings. The van der Waals surface area contributed by atoms with Crippen molar-refractivity contribution in [1.29, 1.82) is 5.26 Å². The lowest BCUT2D eigenvalue weighted by Gasteiger charge is -2.17. The van der Waals surface area contributed by atoms with Gasteiger partial charge in [-0.3, -0.25) is 0 Å². The highest BCUT2D eigenvalue weighted by Crippen LogP contribution is 2.28. The molecular formula is C15H16N2OS. The Morgan fingerprint density at radius 1 is 1.32 bits per heavy atom. The monoisotopic (exact) mass is 272 g/mol. The van der Waals surface area contributed by atoms with Crippen LogP contribution in [0.25, 0.3) is 0 Å². The fourth-order valence-corrected chi connectivity index (χ4v) is 2.83. The van der Waals surface area contributed by atoms with Crippen molar-refractivity contribution in [2.75, 3.05) is 6.54 Å². The first kappa shape index (κ1) is 13.6. The summed E-state index contributed by atoms with van der Waals surface area (Å²) in [6.45, 7) is 2.51. The average molecular weight is 272 g/mol. The Hall–Kier alpha value is -1.83. The quantitative estimate of drug-likeness (QED) is 0.909. The zero-order valence-electron chi connectivity index (χ0n) is 10.8. The summed E-state index contributed by atoms with van der Waals surface area (Å²) in [7, 11) is 0. The highest BCUT2D eigenvalue weighted by atomic mass is 32.1. The molecule has 2 N–H and O–H groups in total. The third-order valence-corrected chi connectivity index (χ3v) is 4.00. The maximum atomic E-state index is 8.63. The van der Waals surface area contributed by atoms with Crippen molar-refractivity contribution < 1.29 is 4.74 Å². The summed E-state index contributed by atoms with van der Waals surface area (Å²) in [5.41, 5.74) is 8.00. The number of hydrogen-bond acceptors (Lipinski definition) is 4. The van der Waals surface area contributed by atoms with Crippen LogP contribution < -0.4 is 10.5 Å². The Labute approximate surface area is 117 Å². The molecule has 1 heterocycles. The number of thiophene rings is 1. The smallest absolute Gasteiger partial charge is 0.145 e. The molecule has 0 saturated heterocycles. The molecule has 0 radical (unpaired) electrons. The topological polar surface area (TPSA) is 59.0 Å². The number of hydrogen-bond donors (Lipinski definition) is 1. The Morgan fingerprint density at radius 2 is 2.05 bits per heavy atom. The van der Waals surface area contributed by atoms with E-state index in [1.54, 1.807) is 11.3 Å². The van der Waals surface area contributed by atoms with E-state index in [2.05, 4.69) is 19.1 Å². The minimum atomic E-state index is -0.109. The summed E-state index contributed by atoms with van der Waals surface area (Å²) >= 11 is 1.66. The number of nitrogens with zero attached hydrogens (tertiary/aromatic N) is 1. The summed E-state index contributed by atoms with van der Waals surface area (Å²) in [5.74, 6) is 0.782. The van der Waals surface area contributed by atoms with Gasteiger partial charge in [-0.2, -0.15) is 5.26 Å². The van der Waals surface area contributed by atoms with Crippen molar-refractivity contribution in [3.8, 4) is 11.8 Å². The van der Waals surface area contributed by atoms with E-state index < -0.39 is 0 Å². The van der Waals surface area contributed by atoms with Gasteiger partial charge in [-0.15, -0.1) is 11.3 Å². The number of ether oxygens (including phenoxy) is 1. The Kier molecular flexibility index (Phi) is 4.56. The molecule has 1 aromatic heterocycles. The highest BCUT2D eigenvalue weighted by Gasteiger charge is 2.15. The molecular weight excluding hydrogens is 256 g/mol. The summed E-state index contributed by atoms with van der Waals surface area (Å²) in [6.07, 6.45) is 0.312. The van der Waals surface area contributed by atoms with E-state index in [9.17, 15) is 0 Å². The molecule has 0 spiro atoms. The second kappa shape index (κ2) is 6.37. The summed E-state index contributed by atoms with van der Waals surface area (Å²) in [4.78, 5) is 1.17. The van der Waals surface area contributed by atoms with Crippen LogP contribution in [0.3, 0.4) is 0 Å². The summed E-state index contributed by atoms with van der Waals surface area (Å²) in [6, 6.07) is 11.8. The predicted octanol–water partition coefficient (Wildman–Crippen LogP) is 3.20. The maximum Gasteiger partial charge on any atom is 0.145 e. The van der Waals surface area contributed by atoms with E-state index in [1.165, 1.54) is 10.4 Å². The number of nitrogens with two attached hydrogens (primary N) is 1. The van der Waals surface area contributed by atoms with Crippen LogP contribution in [0.2, 0.25) is 0 Å². The van der Waals surface area contributed by atoms with E-state index >= 15 is 0 Å². The molecule has 0 saturated carbocycles. The number of nitriles is 1. The molecule has 0 bridgehead atoms. The van der Waals surface area contributed by atoms with Crippen molar-refractivity contribution in [3.63, 3.8) is 0 Å². The number of benzene rings is 1. The largest absolute Gasteiger partial charge is 0.484 e. The van der Waals surface area contributed by atoms with Crippen molar-refractivity contribution in [2.45, 2.75) is 19.4 Å². The Balaban J connectivity index is 2.11. The van der Waals surface area contributed by atoms with Gasteiger partial charge in [-0.25, -0.2) is 0 Å². The lowest BCUT2D eigenvalue weighted by atomic mass is 10.1. The fraction of sp³-hybridized carbons (Fsp3) is 0.267. The van der Waals surface area contributed by atoms with Crippen LogP contribution in [0.5, 0.6) is 5.75 Å². The molecule has 1 atom stereocenters. The van der Waals surface area contributed by atoms with Crippen LogP contribution in [0.1, 0.15) is 22.1 Å². The molecule has 3 nitrogen and oxygen atoms in total. The first-order chi connectivity index (χ1) is 9.24. The van der Waals surface area contributed by atoms with E-state index in [4.69, 9.17) is 15.7 Å². The van der Waals surface area contributed by atoms with Crippen LogP contribution in [-0.4, -0.2) is 6.54 Å². The van der Waals surface area contributed by atoms with Gasteiger partial charge in [0, 0.05) is 11.4 Å². The van der Waals surface area contributed by atoms with Crippen molar-refractivity contribution in [1.82, 2.24) is 0 Å². The minimum Gasteiger partial charge on any atom is -0.484 e. The molecule has 1 aromatic carbocycles. The van der Waals surface area contributed by atoms with E-state index in [0.717, 1.165) is 11.3 Å². The maximum absolute atomic E-state index is 8.63. The van der Waals surface area contributed by atoms with Crippen LogP contribution in [0.4, 0.5) is 0 Å². The Morgan fingerprint density at radius 3 is 2.58 bits per heavy atom. The predicted molar refractivity (Wildman–Crippen MR) is 77.2 cm³/mol. The molecule has 0 aliphatic heterocycles. The van der Waals surface area contributed by atoms with Gasteiger partial charge in [0.15, 0.2) is 0 Å². The highest BCUT2D eigenvalue weighted by molar-refractivity contribution is 7.10. The zero-order valence-corrected chi connectivity index (χ0v) is 11.6. The Bertz CT molecular complexity index is 569. The van der Waals surface area contributed by atoms with E-state index in [1.807, 2.05) is 29.6 Å². The molecule has 0 aliphatic carbocycles. The van der Waals surface area contributed by atoms with Crippen LogP contribution >= 0.6 is 11.3 Å². The van der Waals surface area contributed by atoms with Gasteiger partial charge in [-0.05, 0) is 41.6 Å². The number of aryl methyl sites for hydroxylation is 1. The number of rotatable bonds is 5. The lowest BCUT2D eigenvalue weighted by molar-refractivity contribution is 0.217. The molecule has 0 fully saturated rings. The first-order valence-corrected chi connectivity index (χ1v) is 6.99. The van der Waals surface area contributed by atoms with E-state index in [-0.39, 0.29) is 6.10 Å². The normalized spacial score (nSPS) is 11.8. The van der Waals surface area contributed by atoms with Gasteiger partial charge in [-0.1, -0.05) is 12.1 Å². The molecule has 4 heteroatoms. The fourth-order valence-electron chi connectivity index (χ4n) is 1.86. The summed E-state index contributed by atoms with van der Waals surface area (Å²) < 4.78 is 5.92. The molecule has 98 valence electrons. The van der Waals surface area contributed by atoms with Gasteiger partial charge >= 0.3 is 0 Å². The standard InChI is InChI=1S/C15H16N2OS/c1-11-7-9-19-15(11)14(10-17)18-13-4-2-12(3-5-13)6-8-16/h2-5,7,9,14H,6,10,17H2,1H3. The van der Waals surface area contributed by atoms with Gasteiger partial charge in [0.1, 0.15) is 11.9 Å². The molecule has 0 amide bonds. The minimum absolute atomic E-state index is 0.109. The third kappa shape index (κ3) is 3.34. The molecule has 2 aromatic rings. The third-order valence-electron chi connectivity index (χ3n) is 2.89. The lowest BCUT2D eigenvalue weighted by Crippen LogP contribution is -2.18. The van der Waals surface area contributed by atoms with Gasteiger partial charge in [0.25, 0.3) is 0 Å².